The van der Waals surface area contributed by atoms with Crippen LogP contribution in [0.2, 0.25) is 0 Å². The third-order valence-electron chi connectivity index (χ3n) is 2.00. The fourth-order valence-corrected chi connectivity index (χ4v) is 1.40. The molecule has 0 spiro atoms. The van der Waals surface area contributed by atoms with Crippen molar-refractivity contribution in [2.24, 2.45) is 0 Å². The third-order valence-corrected chi connectivity index (χ3v) is 2.00. The molecular weight excluding hydrogens is 154 g/mol. The van der Waals surface area contributed by atoms with Gasteiger partial charge in [0, 0.05) is 12.6 Å². The minimum absolute atomic E-state index is 0.0883. The molecule has 1 aromatic heterocycles. The zero-order valence-corrected chi connectivity index (χ0v) is 6.58. The molecule has 0 aromatic carbocycles. The molecule has 0 fully saturated rings. The molecular formula is C8H9N3O. The molecule has 12 heavy (non-hydrogen) atoms. The third kappa shape index (κ3) is 1.05. The molecule has 0 atom stereocenters. The van der Waals surface area contributed by atoms with Gasteiger partial charge in [-0.1, -0.05) is 0 Å². The highest BCUT2D eigenvalue weighted by Crippen LogP contribution is 2.18. The highest BCUT2D eigenvalue weighted by atomic mass is 16.1. The maximum absolute atomic E-state index is 11.3. The highest BCUT2D eigenvalue weighted by molar-refractivity contribution is 5.96. The lowest BCUT2D eigenvalue weighted by Crippen LogP contribution is -2.14. The van der Waals surface area contributed by atoms with Crippen molar-refractivity contribution < 1.29 is 4.79 Å². The summed E-state index contributed by atoms with van der Waals surface area (Å²) in [5.74, 6) is 0.273. The molecule has 1 aliphatic rings. The van der Waals surface area contributed by atoms with E-state index in [2.05, 4.69) is 9.97 Å². The average Bonchev–Trinajstić information content (AvgIpc) is 2.07. The molecule has 0 aliphatic heterocycles. The average molecular weight is 163 g/mol. The van der Waals surface area contributed by atoms with Crippen LogP contribution < -0.4 is 5.73 Å². The fourth-order valence-electron chi connectivity index (χ4n) is 1.40. The van der Waals surface area contributed by atoms with Crippen LogP contribution in [0.4, 0.5) is 5.95 Å². The number of aromatic nitrogens is 2. The number of fused-ring (bicyclic) bond motifs is 1. The lowest BCUT2D eigenvalue weighted by Gasteiger charge is -2.12. The SMILES string of the molecule is Nc1ncc2c(n1)C(=O)CCC2. The van der Waals surface area contributed by atoms with Gasteiger partial charge in [-0.05, 0) is 18.4 Å². The van der Waals surface area contributed by atoms with Crippen molar-refractivity contribution >= 4 is 11.7 Å². The number of ketones is 1. The molecule has 2 N–H and O–H groups in total. The van der Waals surface area contributed by atoms with Crippen LogP contribution in [0.1, 0.15) is 28.9 Å². The van der Waals surface area contributed by atoms with Gasteiger partial charge in [-0.25, -0.2) is 9.97 Å². The topological polar surface area (TPSA) is 68.9 Å². The molecule has 0 saturated heterocycles. The van der Waals surface area contributed by atoms with Crippen molar-refractivity contribution in [1.82, 2.24) is 9.97 Å². The van der Waals surface area contributed by atoms with Crippen LogP contribution in [0, 0.1) is 0 Å². The number of nitrogens with two attached hydrogens (primary N) is 1. The van der Waals surface area contributed by atoms with Gasteiger partial charge in [-0.2, -0.15) is 0 Å². The fraction of sp³-hybridized carbons (Fsp3) is 0.375. The van der Waals surface area contributed by atoms with Crippen molar-refractivity contribution in [3.8, 4) is 0 Å². The second kappa shape index (κ2) is 2.55. The monoisotopic (exact) mass is 163 g/mol. The molecule has 1 aliphatic carbocycles. The highest BCUT2D eigenvalue weighted by Gasteiger charge is 2.18. The maximum Gasteiger partial charge on any atom is 0.220 e. The van der Waals surface area contributed by atoms with Crippen LogP contribution in [0.3, 0.4) is 0 Å². The molecule has 4 nitrogen and oxygen atoms in total. The summed E-state index contributed by atoms with van der Waals surface area (Å²) in [6.45, 7) is 0. The standard InChI is InChI=1S/C8H9N3O/c9-8-10-4-5-2-1-3-6(12)7(5)11-8/h4H,1-3H2,(H2,9,10,11). The Bertz CT molecular complexity index is 335. The Morgan fingerprint density at radius 2 is 2.25 bits per heavy atom. The molecule has 0 bridgehead atoms. The Kier molecular flexibility index (Phi) is 1.53. The second-order valence-corrected chi connectivity index (χ2v) is 2.88. The first kappa shape index (κ1) is 7.21. The van der Waals surface area contributed by atoms with Crippen molar-refractivity contribution in [1.29, 1.82) is 0 Å². The summed E-state index contributed by atoms with van der Waals surface area (Å²) in [5.41, 5.74) is 6.82. The second-order valence-electron chi connectivity index (χ2n) is 2.88. The van der Waals surface area contributed by atoms with Gasteiger partial charge in [-0.3, -0.25) is 4.79 Å². The van der Waals surface area contributed by atoms with Crippen LogP contribution in [-0.4, -0.2) is 15.8 Å². The Balaban J connectivity index is 2.54. The van der Waals surface area contributed by atoms with Crippen molar-refractivity contribution in [3.63, 3.8) is 0 Å². The van der Waals surface area contributed by atoms with Gasteiger partial charge in [0.05, 0.1) is 0 Å². The molecule has 2 rings (SSSR count). The van der Waals surface area contributed by atoms with Crippen LogP contribution in [-0.2, 0) is 6.42 Å². The van der Waals surface area contributed by atoms with Crippen LogP contribution >= 0.6 is 0 Å². The number of carbonyl (C=O) groups excluding carboxylic acids is 1. The van der Waals surface area contributed by atoms with E-state index in [0.717, 1.165) is 18.4 Å². The summed E-state index contributed by atoms with van der Waals surface area (Å²) in [6.07, 6.45) is 4.03. The molecule has 0 unspecified atom stereocenters. The van der Waals surface area contributed by atoms with Gasteiger partial charge >= 0.3 is 0 Å². The number of nitrogens with zero attached hydrogens (tertiary/aromatic N) is 2. The Hall–Kier alpha value is -1.45. The number of hydrogen-bond donors (Lipinski definition) is 1. The molecule has 1 aromatic rings. The van der Waals surface area contributed by atoms with E-state index in [9.17, 15) is 4.79 Å². The van der Waals surface area contributed by atoms with E-state index in [1.807, 2.05) is 0 Å². The summed E-state index contributed by atoms with van der Waals surface area (Å²) in [6, 6.07) is 0. The Labute approximate surface area is 69.8 Å². The predicted octanol–water partition coefficient (Wildman–Crippen LogP) is 0.578. The van der Waals surface area contributed by atoms with Crippen LogP contribution in [0.15, 0.2) is 6.20 Å². The number of hydrogen-bond acceptors (Lipinski definition) is 4. The summed E-state index contributed by atoms with van der Waals surface area (Å²) >= 11 is 0. The number of rotatable bonds is 0. The van der Waals surface area contributed by atoms with E-state index in [1.165, 1.54) is 0 Å². The Morgan fingerprint density at radius 1 is 1.42 bits per heavy atom. The molecule has 0 saturated carbocycles. The number of Topliss-reactive ketones (excluding diaryl/α,β-unsaturated/α-hetero) is 1. The Morgan fingerprint density at radius 3 is 3.08 bits per heavy atom. The summed E-state index contributed by atoms with van der Waals surface area (Å²) < 4.78 is 0. The van der Waals surface area contributed by atoms with Crippen LogP contribution in [0.5, 0.6) is 0 Å². The normalized spacial score (nSPS) is 15.8. The maximum atomic E-state index is 11.3. The van der Waals surface area contributed by atoms with E-state index in [-0.39, 0.29) is 11.7 Å². The summed E-state index contributed by atoms with van der Waals surface area (Å²) in [7, 11) is 0. The lowest BCUT2D eigenvalue weighted by atomic mass is 9.96. The van der Waals surface area contributed by atoms with Crippen molar-refractivity contribution in [2.75, 3.05) is 5.73 Å². The van der Waals surface area contributed by atoms with Gasteiger partial charge in [0.1, 0.15) is 5.69 Å². The van der Waals surface area contributed by atoms with Gasteiger partial charge in [0.25, 0.3) is 0 Å². The molecule has 4 heteroatoms. The van der Waals surface area contributed by atoms with Gasteiger partial charge in [0.15, 0.2) is 5.78 Å². The van der Waals surface area contributed by atoms with E-state index < -0.39 is 0 Å². The van der Waals surface area contributed by atoms with Gasteiger partial charge in [0.2, 0.25) is 5.95 Å². The van der Waals surface area contributed by atoms with E-state index in [4.69, 9.17) is 5.73 Å². The van der Waals surface area contributed by atoms with Crippen molar-refractivity contribution in [3.05, 3.63) is 17.5 Å². The quantitative estimate of drug-likeness (QED) is 0.607. The molecule has 62 valence electrons. The van der Waals surface area contributed by atoms with Crippen molar-refractivity contribution in [2.45, 2.75) is 19.3 Å². The van der Waals surface area contributed by atoms with Crippen LogP contribution in [0.25, 0.3) is 0 Å². The van der Waals surface area contributed by atoms with E-state index in [0.29, 0.717) is 12.1 Å². The number of anilines is 1. The minimum atomic E-state index is 0.0883. The number of carbonyl (C=O) groups is 1. The summed E-state index contributed by atoms with van der Waals surface area (Å²) in [4.78, 5) is 19.0. The number of aryl methyl sites for hydroxylation is 1. The first-order valence-corrected chi connectivity index (χ1v) is 3.92. The molecule has 0 amide bonds. The zero-order valence-electron chi connectivity index (χ0n) is 6.58. The van der Waals surface area contributed by atoms with Gasteiger partial charge in [-0.15, -0.1) is 0 Å². The molecule has 0 radical (unpaired) electrons. The minimum Gasteiger partial charge on any atom is -0.368 e. The molecule has 1 heterocycles. The lowest BCUT2D eigenvalue weighted by molar-refractivity contribution is 0.0967. The van der Waals surface area contributed by atoms with E-state index in [1.54, 1.807) is 6.20 Å². The predicted molar refractivity (Wildman–Crippen MR) is 43.7 cm³/mol. The smallest absolute Gasteiger partial charge is 0.220 e. The largest absolute Gasteiger partial charge is 0.368 e. The zero-order chi connectivity index (χ0) is 8.55. The number of nitrogen functional groups attached to an aromatic ring is 1. The summed E-state index contributed by atoms with van der Waals surface area (Å²) in [5, 5.41) is 0. The first-order chi connectivity index (χ1) is 5.77. The van der Waals surface area contributed by atoms with E-state index >= 15 is 0 Å². The first-order valence-electron chi connectivity index (χ1n) is 3.92. The van der Waals surface area contributed by atoms with Gasteiger partial charge < -0.3 is 5.73 Å².